The zero-order valence-electron chi connectivity index (χ0n) is 8.81. The van der Waals surface area contributed by atoms with Gasteiger partial charge in [-0.3, -0.25) is 0 Å². The van der Waals surface area contributed by atoms with Crippen molar-refractivity contribution in [3.63, 3.8) is 0 Å². The van der Waals surface area contributed by atoms with Crippen molar-refractivity contribution in [2.75, 3.05) is 33.2 Å². The van der Waals surface area contributed by atoms with Gasteiger partial charge in [-0.25, -0.2) is 0 Å². The van der Waals surface area contributed by atoms with Crippen molar-refractivity contribution < 1.29 is 0 Å². The van der Waals surface area contributed by atoms with Crippen LogP contribution in [0.1, 0.15) is 32.1 Å². The van der Waals surface area contributed by atoms with Crippen LogP contribution >= 0.6 is 0 Å². The fourth-order valence-corrected chi connectivity index (χ4v) is 2.70. The normalized spacial score (nSPS) is 27.5. The summed E-state index contributed by atoms with van der Waals surface area (Å²) in [5, 5.41) is 3.22. The standard InChI is InChI=1S/C11H22N2/c1-12-7-10-13-8-5-11(6-9-13)3-2-4-11/h12H,2-10H2,1H3. The summed E-state index contributed by atoms with van der Waals surface area (Å²) < 4.78 is 0. The third kappa shape index (κ3) is 2.05. The molecule has 2 nitrogen and oxygen atoms in total. The van der Waals surface area contributed by atoms with Gasteiger partial charge in [-0.05, 0) is 51.2 Å². The van der Waals surface area contributed by atoms with Crippen LogP contribution in [0.5, 0.6) is 0 Å². The fraction of sp³-hybridized carbons (Fsp3) is 1.00. The molecular weight excluding hydrogens is 160 g/mol. The van der Waals surface area contributed by atoms with Crippen LogP contribution in [-0.2, 0) is 0 Å². The van der Waals surface area contributed by atoms with Crippen LogP contribution in [0.25, 0.3) is 0 Å². The lowest BCUT2D eigenvalue weighted by Gasteiger charge is -2.48. The summed E-state index contributed by atoms with van der Waals surface area (Å²) in [4.78, 5) is 2.61. The maximum atomic E-state index is 3.22. The van der Waals surface area contributed by atoms with Gasteiger partial charge in [0.1, 0.15) is 0 Å². The van der Waals surface area contributed by atoms with E-state index < -0.39 is 0 Å². The van der Waals surface area contributed by atoms with E-state index in [0.29, 0.717) is 0 Å². The minimum Gasteiger partial charge on any atom is -0.318 e. The van der Waals surface area contributed by atoms with Gasteiger partial charge < -0.3 is 10.2 Å². The van der Waals surface area contributed by atoms with Crippen molar-refractivity contribution in [1.29, 1.82) is 0 Å². The second-order valence-corrected chi connectivity index (χ2v) is 4.80. The van der Waals surface area contributed by atoms with Crippen molar-refractivity contribution in [3.05, 3.63) is 0 Å². The second kappa shape index (κ2) is 3.97. The molecule has 0 aromatic heterocycles. The zero-order valence-corrected chi connectivity index (χ0v) is 8.81. The van der Waals surface area contributed by atoms with Crippen LogP contribution in [0.2, 0.25) is 0 Å². The van der Waals surface area contributed by atoms with Gasteiger partial charge >= 0.3 is 0 Å². The highest BCUT2D eigenvalue weighted by molar-refractivity contribution is 4.92. The molecule has 2 rings (SSSR count). The molecule has 1 saturated carbocycles. The highest BCUT2D eigenvalue weighted by Gasteiger charge is 2.39. The Morgan fingerprint density at radius 1 is 1.15 bits per heavy atom. The molecule has 0 atom stereocenters. The number of piperidine rings is 1. The van der Waals surface area contributed by atoms with Crippen molar-refractivity contribution in [3.8, 4) is 0 Å². The first-order valence-electron chi connectivity index (χ1n) is 5.72. The van der Waals surface area contributed by atoms with Crippen molar-refractivity contribution in [2.45, 2.75) is 32.1 Å². The van der Waals surface area contributed by atoms with Gasteiger partial charge in [0.05, 0.1) is 0 Å². The first-order chi connectivity index (χ1) is 6.35. The molecule has 0 bridgehead atoms. The third-order valence-corrected chi connectivity index (χ3v) is 4.01. The monoisotopic (exact) mass is 182 g/mol. The van der Waals surface area contributed by atoms with Crippen LogP contribution in [0.15, 0.2) is 0 Å². The SMILES string of the molecule is CNCCN1CCC2(CCC2)CC1. The molecule has 76 valence electrons. The van der Waals surface area contributed by atoms with E-state index in [0.717, 1.165) is 12.0 Å². The Morgan fingerprint density at radius 3 is 2.31 bits per heavy atom. The molecule has 0 aromatic carbocycles. The van der Waals surface area contributed by atoms with Gasteiger partial charge in [-0.2, -0.15) is 0 Å². The molecule has 2 heteroatoms. The number of hydrogen-bond donors (Lipinski definition) is 1. The summed E-state index contributed by atoms with van der Waals surface area (Å²) in [5.41, 5.74) is 0.816. The van der Waals surface area contributed by atoms with Crippen molar-refractivity contribution >= 4 is 0 Å². The lowest BCUT2D eigenvalue weighted by molar-refractivity contribution is 0.0342. The smallest absolute Gasteiger partial charge is 0.0107 e. The highest BCUT2D eigenvalue weighted by Crippen LogP contribution is 2.48. The average Bonchev–Trinajstić information content (AvgIpc) is 2.13. The topological polar surface area (TPSA) is 15.3 Å². The first kappa shape index (κ1) is 9.47. The summed E-state index contributed by atoms with van der Waals surface area (Å²) >= 11 is 0. The Morgan fingerprint density at radius 2 is 1.85 bits per heavy atom. The quantitative estimate of drug-likeness (QED) is 0.711. The van der Waals surface area contributed by atoms with Gasteiger partial charge in [-0.1, -0.05) is 6.42 Å². The number of likely N-dealkylation sites (N-methyl/N-ethyl adjacent to an activating group) is 1. The van der Waals surface area contributed by atoms with Crippen LogP contribution in [0.4, 0.5) is 0 Å². The maximum Gasteiger partial charge on any atom is 0.0107 e. The van der Waals surface area contributed by atoms with E-state index in [2.05, 4.69) is 10.2 Å². The van der Waals surface area contributed by atoms with Crippen LogP contribution < -0.4 is 5.32 Å². The Labute approximate surface area is 81.7 Å². The molecule has 13 heavy (non-hydrogen) atoms. The fourth-order valence-electron chi connectivity index (χ4n) is 2.70. The van der Waals surface area contributed by atoms with Crippen LogP contribution in [-0.4, -0.2) is 38.1 Å². The van der Waals surface area contributed by atoms with Crippen LogP contribution in [0.3, 0.4) is 0 Å². The summed E-state index contributed by atoms with van der Waals surface area (Å²) in [6.45, 7) is 5.09. The number of hydrogen-bond acceptors (Lipinski definition) is 2. The number of nitrogens with one attached hydrogen (secondary N) is 1. The molecule has 0 aromatic rings. The van der Waals surface area contributed by atoms with E-state index in [9.17, 15) is 0 Å². The van der Waals surface area contributed by atoms with Gasteiger partial charge in [0.2, 0.25) is 0 Å². The molecule has 1 aliphatic heterocycles. The molecule has 1 spiro atoms. The predicted octanol–water partition coefficient (Wildman–Crippen LogP) is 1.47. The molecule has 0 radical (unpaired) electrons. The summed E-state index contributed by atoms with van der Waals surface area (Å²) in [6, 6.07) is 0. The van der Waals surface area contributed by atoms with Crippen LogP contribution in [0, 0.1) is 5.41 Å². The summed E-state index contributed by atoms with van der Waals surface area (Å²) in [7, 11) is 2.04. The Hall–Kier alpha value is -0.0800. The van der Waals surface area contributed by atoms with E-state index >= 15 is 0 Å². The van der Waals surface area contributed by atoms with E-state index in [-0.39, 0.29) is 0 Å². The van der Waals surface area contributed by atoms with Crippen molar-refractivity contribution in [2.24, 2.45) is 5.41 Å². The largest absolute Gasteiger partial charge is 0.318 e. The lowest BCUT2D eigenvalue weighted by Crippen LogP contribution is -2.45. The molecule has 0 amide bonds. The van der Waals surface area contributed by atoms with Gasteiger partial charge in [0.25, 0.3) is 0 Å². The summed E-state index contributed by atoms with van der Waals surface area (Å²) in [5.74, 6) is 0. The zero-order chi connectivity index (χ0) is 9.15. The Kier molecular flexibility index (Phi) is 2.89. The van der Waals surface area contributed by atoms with Crippen molar-refractivity contribution in [1.82, 2.24) is 10.2 Å². The summed E-state index contributed by atoms with van der Waals surface area (Å²) in [6.07, 6.45) is 7.48. The Bertz CT molecular complexity index is 153. The molecule has 1 aliphatic carbocycles. The molecule has 1 N–H and O–H groups in total. The minimum absolute atomic E-state index is 0.816. The first-order valence-corrected chi connectivity index (χ1v) is 5.72. The molecule has 1 saturated heterocycles. The van der Waals surface area contributed by atoms with E-state index in [1.54, 1.807) is 0 Å². The minimum atomic E-state index is 0.816. The Balaban J connectivity index is 1.70. The van der Waals surface area contributed by atoms with E-state index in [4.69, 9.17) is 0 Å². The average molecular weight is 182 g/mol. The second-order valence-electron chi connectivity index (χ2n) is 4.80. The molecular formula is C11H22N2. The van der Waals surface area contributed by atoms with Gasteiger partial charge in [0, 0.05) is 13.1 Å². The van der Waals surface area contributed by atoms with E-state index in [1.165, 1.54) is 51.7 Å². The molecule has 0 unspecified atom stereocenters. The highest BCUT2D eigenvalue weighted by atomic mass is 15.1. The van der Waals surface area contributed by atoms with Gasteiger partial charge in [-0.15, -0.1) is 0 Å². The van der Waals surface area contributed by atoms with Gasteiger partial charge in [0.15, 0.2) is 0 Å². The number of likely N-dealkylation sites (tertiary alicyclic amines) is 1. The molecule has 2 fully saturated rings. The van der Waals surface area contributed by atoms with E-state index in [1.807, 2.05) is 7.05 Å². The maximum absolute atomic E-state index is 3.22. The molecule has 2 aliphatic rings. The molecule has 1 heterocycles. The number of nitrogens with zero attached hydrogens (tertiary/aromatic N) is 1. The number of rotatable bonds is 3. The predicted molar refractivity (Wildman–Crippen MR) is 55.9 cm³/mol. The lowest BCUT2D eigenvalue weighted by atomic mass is 9.63. The third-order valence-electron chi connectivity index (χ3n) is 4.01.